The van der Waals surface area contributed by atoms with Gasteiger partial charge in [-0.25, -0.2) is 0 Å². The van der Waals surface area contributed by atoms with Gasteiger partial charge in [0.2, 0.25) is 0 Å². The van der Waals surface area contributed by atoms with E-state index in [0.29, 0.717) is 11.6 Å². The number of aryl methyl sites for hydroxylation is 2. The van der Waals surface area contributed by atoms with Gasteiger partial charge in [-0.2, -0.15) is 0 Å². The molecule has 0 radical (unpaired) electrons. The van der Waals surface area contributed by atoms with Crippen molar-refractivity contribution < 1.29 is 4.52 Å². The second kappa shape index (κ2) is 4.81. The van der Waals surface area contributed by atoms with Crippen molar-refractivity contribution in [3.8, 4) is 22.5 Å². The molecule has 4 nitrogen and oxygen atoms in total. The fraction of sp³-hybridized carbons (Fsp3) is 0.125. The van der Waals surface area contributed by atoms with Crippen LogP contribution in [0.1, 0.15) is 11.1 Å². The summed E-state index contributed by atoms with van der Waals surface area (Å²) < 4.78 is 5.46. The van der Waals surface area contributed by atoms with Crippen molar-refractivity contribution in [2.45, 2.75) is 13.8 Å². The topological polar surface area (TPSA) is 64.9 Å². The predicted molar refractivity (Wildman–Crippen MR) is 79.1 cm³/mol. The lowest BCUT2D eigenvalue weighted by Gasteiger charge is -2.06. The molecule has 0 atom stereocenters. The average molecular weight is 265 g/mol. The second-order valence-corrected chi connectivity index (χ2v) is 4.83. The summed E-state index contributed by atoms with van der Waals surface area (Å²) in [6.07, 6.45) is 3.46. The van der Waals surface area contributed by atoms with Gasteiger partial charge in [-0.05, 0) is 37.1 Å². The van der Waals surface area contributed by atoms with E-state index in [9.17, 15) is 0 Å². The number of nitrogen functional groups attached to an aromatic ring is 1. The van der Waals surface area contributed by atoms with Gasteiger partial charge in [0.15, 0.2) is 11.6 Å². The van der Waals surface area contributed by atoms with Crippen LogP contribution >= 0.6 is 0 Å². The van der Waals surface area contributed by atoms with Gasteiger partial charge in [-0.3, -0.25) is 4.98 Å². The number of pyridine rings is 1. The van der Waals surface area contributed by atoms with Crippen LogP contribution in [0.5, 0.6) is 0 Å². The maximum atomic E-state index is 5.97. The summed E-state index contributed by atoms with van der Waals surface area (Å²) >= 11 is 0. The zero-order valence-electron chi connectivity index (χ0n) is 11.4. The van der Waals surface area contributed by atoms with E-state index in [4.69, 9.17) is 10.3 Å². The van der Waals surface area contributed by atoms with E-state index >= 15 is 0 Å². The van der Waals surface area contributed by atoms with Crippen molar-refractivity contribution in [1.29, 1.82) is 0 Å². The monoisotopic (exact) mass is 265 g/mol. The summed E-state index contributed by atoms with van der Waals surface area (Å²) in [4.78, 5) is 4.02. The van der Waals surface area contributed by atoms with Crippen LogP contribution in [0.2, 0.25) is 0 Å². The molecule has 0 unspecified atom stereocenters. The van der Waals surface area contributed by atoms with E-state index in [1.54, 1.807) is 12.4 Å². The van der Waals surface area contributed by atoms with Gasteiger partial charge in [0.25, 0.3) is 0 Å². The molecule has 0 bridgehead atoms. The largest absolute Gasteiger partial charge is 0.380 e. The van der Waals surface area contributed by atoms with E-state index in [2.05, 4.69) is 36.1 Å². The summed E-state index contributed by atoms with van der Waals surface area (Å²) in [5.74, 6) is 1.09. The van der Waals surface area contributed by atoms with Crippen LogP contribution in [-0.2, 0) is 0 Å². The van der Waals surface area contributed by atoms with E-state index in [1.165, 1.54) is 5.56 Å². The lowest BCUT2D eigenvalue weighted by atomic mass is 9.98. The molecule has 0 amide bonds. The molecule has 20 heavy (non-hydrogen) atoms. The number of rotatable bonds is 2. The zero-order chi connectivity index (χ0) is 14.1. The quantitative estimate of drug-likeness (QED) is 0.768. The average Bonchev–Trinajstić information content (AvgIpc) is 2.81. The van der Waals surface area contributed by atoms with Gasteiger partial charge in [-0.1, -0.05) is 28.9 Å². The van der Waals surface area contributed by atoms with Crippen molar-refractivity contribution in [1.82, 2.24) is 10.1 Å². The Morgan fingerprint density at radius 1 is 1.05 bits per heavy atom. The van der Waals surface area contributed by atoms with E-state index in [0.717, 1.165) is 22.3 Å². The lowest BCUT2D eigenvalue weighted by molar-refractivity contribution is 0.436. The number of anilines is 1. The Kier molecular flexibility index (Phi) is 2.99. The van der Waals surface area contributed by atoms with Crippen LogP contribution in [0.15, 0.2) is 47.2 Å². The van der Waals surface area contributed by atoms with E-state index < -0.39 is 0 Å². The molecule has 0 saturated heterocycles. The van der Waals surface area contributed by atoms with Gasteiger partial charge in [-0.15, -0.1) is 0 Å². The normalized spacial score (nSPS) is 10.7. The summed E-state index contributed by atoms with van der Waals surface area (Å²) in [5.41, 5.74) is 11.1. The predicted octanol–water partition coefficient (Wildman–Crippen LogP) is 3.60. The molecule has 0 spiro atoms. The molecule has 3 aromatic rings. The van der Waals surface area contributed by atoms with Gasteiger partial charge in [0.1, 0.15) is 0 Å². The Hall–Kier alpha value is -2.62. The number of nitrogens with zero attached hydrogens (tertiary/aromatic N) is 2. The SMILES string of the molecule is Cc1ccc(-c2onc(N)c2-c2ccncc2)c(C)c1. The van der Waals surface area contributed by atoms with Crippen molar-refractivity contribution >= 4 is 5.82 Å². The third-order valence-electron chi connectivity index (χ3n) is 3.31. The smallest absolute Gasteiger partial charge is 0.177 e. The third-order valence-corrected chi connectivity index (χ3v) is 3.31. The van der Waals surface area contributed by atoms with Crippen molar-refractivity contribution in [2.24, 2.45) is 0 Å². The van der Waals surface area contributed by atoms with Crippen molar-refractivity contribution in [2.75, 3.05) is 5.73 Å². The van der Waals surface area contributed by atoms with Gasteiger partial charge in [0, 0.05) is 18.0 Å². The highest BCUT2D eigenvalue weighted by molar-refractivity contribution is 5.87. The molecule has 100 valence electrons. The fourth-order valence-corrected chi connectivity index (χ4v) is 2.35. The summed E-state index contributed by atoms with van der Waals surface area (Å²) in [5, 5.41) is 3.92. The molecule has 2 heterocycles. The molecule has 0 aliphatic rings. The number of nitrogens with two attached hydrogens (primary N) is 1. The summed E-state index contributed by atoms with van der Waals surface area (Å²) in [6.45, 7) is 4.12. The minimum Gasteiger partial charge on any atom is -0.380 e. The first-order valence-corrected chi connectivity index (χ1v) is 6.40. The molecule has 2 N–H and O–H groups in total. The van der Waals surface area contributed by atoms with E-state index in [-0.39, 0.29) is 0 Å². The Morgan fingerprint density at radius 2 is 1.80 bits per heavy atom. The standard InChI is InChI=1S/C16H15N3O/c1-10-3-4-13(11(2)9-10)15-14(16(17)19-20-15)12-5-7-18-8-6-12/h3-9H,1-2H3,(H2,17,19). The number of hydrogen-bond donors (Lipinski definition) is 1. The van der Waals surface area contributed by atoms with Crippen molar-refractivity contribution in [3.63, 3.8) is 0 Å². The minimum absolute atomic E-state index is 0.395. The maximum Gasteiger partial charge on any atom is 0.177 e. The summed E-state index contributed by atoms with van der Waals surface area (Å²) in [6, 6.07) is 10.0. The second-order valence-electron chi connectivity index (χ2n) is 4.83. The maximum absolute atomic E-state index is 5.97. The molecular weight excluding hydrogens is 250 g/mol. The Morgan fingerprint density at radius 3 is 2.50 bits per heavy atom. The number of aromatic nitrogens is 2. The first kappa shape index (κ1) is 12.4. The Bertz CT molecular complexity index is 748. The van der Waals surface area contributed by atoms with Crippen LogP contribution < -0.4 is 5.73 Å². The molecule has 4 heteroatoms. The van der Waals surface area contributed by atoms with E-state index in [1.807, 2.05) is 18.2 Å². The van der Waals surface area contributed by atoms with Crippen LogP contribution in [0.25, 0.3) is 22.5 Å². The molecule has 0 fully saturated rings. The molecular formula is C16H15N3O. The van der Waals surface area contributed by atoms with Gasteiger partial charge in [0.05, 0.1) is 5.56 Å². The first-order valence-electron chi connectivity index (χ1n) is 6.40. The Labute approximate surface area is 117 Å². The highest BCUT2D eigenvalue weighted by atomic mass is 16.5. The lowest BCUT2D eigenvalue weighted by Crippen LogP contribution is -1.90. The van der Waals surface area contributed by atoms with Gasteiger partial charge < -0.3 is 10.3 Å². The van der Waals surface area contributed by atoms with Crippen LogP contribution in [0.3, 0.4) is 0 Å². The highest BCUT2D eigenvalue weighted by Gasteiger charge is 2.18. The number of benzene rings is 1. The zero-order valence-corrected chi connectivity index (χ0v) is 11.4. The molecule has 0 aliphatic heterocycles. The van der Waals surface area contributed by atoms with Crippen LogP contribution in [0, 0.1) is 13.8 Å². The molecule has 3 rings (SSSR count). The van der Waals surface area contributed by atoms with Crippen LogP contribution in [0.4, 0.5) is 5.82 Å². The number of hydrogen-bond acceptors (Lipinski definition) is 4. The Balaban J connectivity index is 2.21. The van der Waals surface area contributed by atoms with Gasteiger partial charge >= 0.3 is 0 Å². The van der Waals surface area contributed by atoms with Crippen LogP contribution in [-0.4, -0.2) is 10.1 Å². The third kappa shape index (κ3) is 2.05. The molecule has 2 aromatic heterocycles. The molecule has 0 aliphatic carbocycles. The summed E-state index contributed by atoms with van der Waals surface area (Å²) in [7, 11) is 0. The first-order chi connectivity index (χ1) is 9.66. The highest BCUT2D eigenvalue weighted by Crippen LogP contribution is 2.37. The minimum atomic E-state index is 0.395. The van der Waals surface area contributed by atoms with Crippen molar-refractivity contribution in [3.05, 3.63) is 53.9 Å². The molecule has 0 saturated carbocycles. The fourth-order valence-electron chi connectivity index (χ4n) is 2.35. The molecule has 1 aromatic carbocycles.